The maximum atomic E-state index is 11.0. The zero-order valence-corrected chi connectivity index (χ0v) is 8.69. The van der Waals surface area contributed by atoms with E-state index in [1.54, 1.807) is 6.92 Å². The Balaban J connectivity index is 4.24. The second-order valence-electron chi connectivity index (χ2n) is 3.54. The molecule has 0 fully saturated rings. The molecule has 0 aliphatic heterocycles. The number of azide groups is 1. The number of nitrogens with one attached hydrogen (secondary N) is 1. The van der Waals surface area contributed by atoms with E-state index in [9.17, 15) is 4.79 Å². The van der Waals surface area contributed by atoms with Crippen molar-refractivity contribution in [3.63, 3.8) is 0 Å². The second-order valence-corrected chi connectivity index (χ2v) is 3.54. The highest BCUT2D eigenvalue weighted by Gasteiger charge is 2.35. The predicted molar refractivity (Wildman–Crippen MR) is 52.9 cm³/mol. The van der Waals surface area contributed by atoms with Gasteiger partial charge in [-0.1, -0.05) is 19.0 Å². The molecule has 2 N–H and O–H groups in total. The van der Waals surface area contributed by atoms with E-state index in [4.69, 9.17) is 10.6 Å². The van der Waals surface area contributed by atoms with Crippen LogP contribution in [0.25, 0.3) is 10.4 Å². The van der Waals surface area contributed by atoms with Crippen LogP contribution in [0.15, 0.2) is 5.11 Å². The van der Waals surface area contributed by atoms with E-state index >= 15 is 0 Å². The van der Waals surface area contributed by atoms with Crippen LogP contribution in [-0.4, -0.2) is 29.7 Å². The quantitative estimate of drug-likeness (QED) is 0.293. The summed E-state index contributed by atoms with van der Waals surface area (Å²) in [5, 5.41) is 15.2. The summed E-state index contributed by atoms with van der Waals surface area (Å²) >= 11 is 0. The van der Waals surface area contributed by atoms with Crippen molar-refractivity contribution in [2.45, 2.75) is 26.3 Å². The van der Waals surface area contributed by atoms with E-state index in [0.29, 0.717) is 6.54 Å². The zero-order valence-electron chi connectivity index (χ0n) is 8.69. The molecule has 0 aromatic rings. The topological polar surface area (TPSA) is 98.1 Å². The monoisotopic (exact) mass is 200 g/mol. The van der Waals surface area contributed by atoms with Crippen molar-refractivity contribution in [3.05, 3.63) is 10.4 Å². The van der Waals surface area contributed by atoms with Crippen LogP contribution in [0.2, 0.25) is 0 Å². The summed E-state index contributed by atoms with van der Waals surface area (Å²) in [6, 6.07) is 0. The lowest BCUT2D eigenvalue weighted by molar-refractivity contribution is -0.146. The van der Waals surface area contributed by atoms with Crippen LogP contribution in [-0.2, 0) is 4.79 Å². The first-order valence-corrected chi connectivity index (χ1v) is 4.44. The van der Waals surface area contributed by atoms with Gasteiger partial charge in [0.1, 0.15) is 5.54 Å². The molecule has 0 saturated carbocycles. The molecule has 6 heteroatoms. The van der Waals surface area contributed by atoms with Crippen LogP contribution >= 0.6 is 0 Å². The summed E-state index contributed by atoms with van der Waals surface area (Å²) < 4.78 is 0. The number of hydrogen-bond donors (Lipinski definition) is 2. The zero-order chi connectivity index (χ0) is 11.2. The summed E-state index contributed by atoms with van der Waals surface area (Å²) in [5.74, 6) is -0.931. The maximum Gasteiger partial charge on any atom is 0.323 e. The number of hydrogen-bond acceptors (Lipinski definition) is 3. The third kappa shape index (κ3) is 3.24. The Labute approximate surface area is 82.9 Å². The third-order valence-corrected chi connectivity index (χ3v) is 2.37. The first-order valence-electron chi connectivity index (χ1n) is 4.44. The van der Waals surface area contributed by atoms with Gasteiger partial charge < -0.3 is 10.4 Å². The van der Waals surface area contributed by atoms with E-state index in [2.05, 4.69) is 15.3 Å². The van der Waals surface area contributed by atoms with Gasteiger partial charge in [0.15, 0.2) is 0 Å². The fourth-order valence-corrected chi connectivity index (χ4v) is 0.937. The second kappa shape index (κ2) is 5.47. The Hall–Kier alpha value is -1.26. The molecule has 0 aromatic heterocycles. The van der Waals surface area contributed by atoms with Crippen molar-refractivity contribution >= 4 is 5.97 Å². The number of carbonyl (C=O) groups is 1. The molecule has 0 heterocycles. The molecular formula is C8H16N4O2. The van der Waals surface area contributed by atoms with E-state index in [1.165, 1.54) is 0 Å². The maximum absolute atomic E-state index is 11.0. The van der Waals surface area contributed by atoms with Gasteiger partial charge in [-0.05, 0) is 18.4 Å². The fraction of sp³-hybridized carbons (Fsp3) is 0.875. The van der Waals surface area contributed by atoms with Crippen LogP contribution < -0.4 is 5.32 Å². The molecular weight excluding hydrogens is 184 g/mol. The van der Waals surface area contributed by atoms with Gasteiger partial charge in [0.05, 0.1) is 0 Å². The van der Waals surface area contributed by atoms with Gasteiger partial charge in [-0.3, -0.25) is 4.79 Å². The lowest BCUT2D eigenvalue weighted by atomic mass is 9.88. The Morgan fingerprint density at radius 1 is 1.71 bits per heavy atom. The minimum atomic E-state index is -0.967. The standard InChI is InChI=1S/C8H16N4O2/c1-6(2)8(3,7(13)14)10-4-5-11-12-9/h6,10H,4-5H2,1-3H3,(H,13,14). The largest absolute Gasteiger partial charge is 0.480 e. The summed E-state index contributed by atoms with van der Waals surface area (Å²) in [4.78, 5) is 13.5. The van der Waals surface area contributed by atoms with Crippen LogP contribution in [0, 0.1) is 5.92 Å². The highest BCUT2D eigenvalue weighted by molar-refractivity contribution is 5.78. The molecule has 0 saturated heterocycles. The minimum absolute atomic E-state index is 0.0361. The first-order chi connectivity index (χ1) is 6.45. The van der Waals surface area contributed by atoms with E-state index in [-0.39, 0.29) is 12.5 Å². The number of carboxylic acid groups (broad SMARTS) is 1. The van der Waals surface area contributed by atoms with E-state index in [0.717, 1.165) is 0 Å². The normalized spacial score (nSPS) is 14.6. The molecule has 1 unspecified atom stereocenters. The van der Waals surface area contributed by atoms with Crippen LogP contribution in [0.1, 0.15) is 20.8 Å². The van der Waals surface area contributed by atoms with E-state index < -0.39 is 11.5 Å². The molecule has 80 valence electrons. The molecule has 0 amide bonds. The Bertz CT molecular complexity index is 248. The Kier molecular flexibility index (Phi) is 4.97. The molecule has 0 aromatic carbocycles. The Morgan fingerprint density at radius 2 is 2.29 bits per heavy atom. The van der Waals surface area contributed by atoms with E-state index in [1.807, 2.05) is 13.8 Å². The molecule has 1 atom stereocenters. The van der Waals surface area contributed by atoms with Crippen molar-refractivity contribution < 1.29 is 9.90 Å². The average Bonchev–Trinajstić information content (AvgIpc) is 2.11. The van der Waals surface area contributed by atoms with Gasteiger partial charge in [-0.15, -0.1) is 0 Å². The highest BCUT2D eigenvalue weighted by atomic mass is 16.4. The molecule has 0 bridgehead atoms. The summed E-state index contributed by atoms with van der Waals surface area (Å²) in [7, 11) is 0. The summed E-state index contributed by atoms with van der Waals surface area (Å²) in [6.45, 7) is 5.90. The smallest absolute Gasteiger partial charge is 0.323 e. The van der Waals surface area contributed by atoms with Crippen molar-refractivity contribution in [2.75, 3.05) is 13.1 Å². The summed E-state index contributed by atoms with van der Waals surface area (Å²) in [6.07, 6.45) is 0. The number of nitrogens with zero attached hydrogens (tertiary/aromatic N) is 3. The molecule has 0 spiro atoms. The van der Waals surface area contributed by atoms with Gasteiger partial charge in [-0.2, -0.15) is 0 Å². The molecule has 0 aliphatic rings. The molecule has 0 rings (SSSR count). The van der Waals surface area contributed by atoms with Crippen molar-refractivity contribution in [2.24, 2.45) is 11.0 Å². The van der Waals surface area contributed by atoms with Gasteiger partial charge in [0, 0.05) is 18.0 Å². The van der Waals surface area contributed by atoms with Gasteiger partial charge >= 0.3 is 5.97 Å². The van der Waals surface area contributed by atoms with Crippen LogP contribution in [0.3, 0.4) is 0 Å². The lowest BCUT2D eigenvalue weighted by Crippen LogP contribution is -2.54. The molecule has 14 heavy (non-hydrogen) atoms. The average molecular weight is 200 g/mol. The lowest BCUT2D eigenvalue weighted by Gasteiger charge is -2.30. The predicted octanol–water partition coefficient (Wildman–Crippen LogP) is 1.39. The van der Waals surface area contributed by atoms with Crippen LogP contribution in [0.5, 0.6) is 0 Å². The number of aliphatic carboxylic acids is 1. The van der Waals surface area contributed by atoms with Crippen molar-refractivity contribution in [1.29, 1.82) is 0 Å². The van der Waals surface area contributed by atoms with Gasteiger partial charge in [-0.25, -0.2) is 0 Å². The third-order valence-electron chi connectivity index (χ3n) is 2.37. The SMILES string of the molecule is CC(C)C(C)(NCCN=[N+]=[N-])C(=O)O. The fourth-order valence-electron chi connectivity index (χ4n) is 0.937. The van der Waals surface area contributed by atoms with Crippen molar-refractivity contribution in [3.8, 4) is 0 Å². The van der Waals surface area contributed by atoms with Crippen LogP contribution in [0.4, 0.5) is 0 Å². The van der Waals surface area contributed by atoms with Crippen molar-refractivity contribution in [1.82, 2.24) is 5.32 Å². The van der Waals surface area contributed by atoms with Gasteiger partial charge in [0.2, 0.25) is 0 Å². The first kappa shape index (κ1) is 12.7. The Morgan fingerprint density at radius 3 is 2.64 bits per heavy atom. The number of carboxylic acids is 1. The molecule has 6 nitrogen and oxygen atoms in total. The van der Waals surface area contributed by atoms with Gasteiger partial charge in [0.25, 0.3) is 0 Å². The molecule has 0 aliphatic carbocycles. The highest BCUT2D eigenvalue weighted by Crippen LogP contribution is 2.16. The number of rotatable bonds is 6. The summed E-state index contributed by atoms with van der Waals surface area (Å²) in [5.41, 5.74) is 7.06. The minimum Gasteiger partial charge on any atom is -0.480 e. The molecule has 0 radical (unpaired) electrons.